The monoisotopic (exact) mass is 304 g/mol. The molecule has 4 nitrogen and oxygen atoms in total. The van der Waals surface area contributed by atoms with E-state index in [0.717, 1.165) is 30.9 Å². The van der Waals surface area contributed by atoms with Gasteiger partial charge in [-0.1, -0.05) is 39.0 Å². The van der Waals surface area contributed by atoms with Crippen molar-refractivity contribution in [3.05, 3.63) is 29.8 Å². The van der Waals surface area contributed by atoms with Crippen molar-refractivity contribution in [2.45, 2.75) is 39.0 Å². The van der Waals surface area contributed by atoms with E-state index >= 15 is 0 Å². The van der Waals surface area contributed by atoms with Crippen LogP contribution in [0.4, 0.5) is 0 Å². The SMILES string of the molecule is CC(C)(C)c1ccccc1OCC(=O)NCC1CCCNC1. The first kappa shape index (κ1) is 16.8. The average molecular weight is 304 g/mol. The Bertz CT molecular complexity index is 488. The molecule has 1 heterocycles. The summed E-state index contributed by atoms with van der Waals surface area (Å²) in [6, 6.07) is 7.93. The lowest BCUT2D eigenvalue weighted by Gasteiger charge is -2.24. The van der Waals surface area contributed by atoms with Crippen LogP contribution in [0.15, 0.2) is 24.3 Å². The van der Waals surface area contributed by atoms with E-state index in [1.165, 1.54) is 12.8 Å². The Morgan fingerprint density at radius 1 is 1.36 bits per heavy atom. The van der Waals surface area contributed by atoms with Gasteiger partial charge in [0, 0.05) is 6.54 Å². The molecule has 1 aromatic rings. The number of benzene rings is 1. The minimum atomic E-state index is -0.0470. The molecule has 1 fully saturated rings. The van der Waals surface area contributed by atoms with Crippen molar-refractivity contribution in [2.75, 3.05) is 26.2 Å². The Kier molecular flexibility index (Phi) is 5.83. The zero-order valence-electron chi connectivity index (χ0n) is 13.9. The molecule has 1 aliphatic rings. The third kappa shape index (κ3) is 5.02. The Balaban J connectivity index is 1.81. The van der Waals surface area contributed by atoms with Gasteiger partial charge in [0.05, 0.1) is 0 Å². The maximum atomic E-state index is 12.0. The molecule has 1 atom stereocenters. The molecular formula is C18H28N2O2. The van der Waals surface area contributed by atoms with E-state index in [4.69, 9.17) is 4.74 Å². The van der Waals surface area contributed by atoms with E-state index in [1.54, 1.807) is 0 Å². The van der Waals surface area contributed by atoms with Crippen LogP contribution in [-0.4, -0.2) is 32.1 Å². The van der Waals surface area contributed by atoms with Gasteiger partial charge in [0.2, 0.25) is 0 Å². The van der Waals surface area contributed by atoms with Crippen LogP contribution >= 0.6 is 0 Å². The number of hydrogen-bond donors (Lipinski definition) is 2. The second kappa shape index (κ2) is 7.63. The fraction of sp³-hybridized carbons (Fsp3) is 0.611. The van der Waals surface area contributed by atoms with Gasteiger partial charge in [-0.05, 0) is 48.9 Å². The number of piperidine rings is 1. The first-order chi connectivity index (χ1) is 10.5. The Morgan fingerprint density at radius 2 is 2.14 bits per heavy atom. The van der Waals surface area contributed by atoms with E-state index in [1.807, 2.05) is 18.2 Å². The van der Waals surface area contributed by atoms with Crippen molar-refractivity contribution < 1.29 is 9.53 Å². The van der Waals surface area contributed by atoms with E-state index in [2.05, 4.69) is 37.5 Å². The van der Waals surface area contributed by atoms with E-state index < -0.39 is 0 Å². The van der Waals surface area contributed by atoms with Crippen LogP contribution in [0.1, 0.15) is 39.2 Å². The number of rotatable bonds is 5. The second-order valence-electron chi connectivity index (χ2n) is 7.05. The molecule has 1 amide bonds. The number of carbonyl (C=O) groups excluding carboxylic acids is 1. The lowest BCUT2D eigenvalue weighted by molar-refractivity contribution is -0.123. The third-order valence-electron chi connectivity index (χ3n) is 4.04. The van der Waals surface area contributed by atoms with E-state index in [-0.39, 0.29) is 17.9 Å². The van der Waals surface area contributed by atoms with Crippen molar-refractivity contribution in [2.24, 2.45) is 5.92 Å². The molecule has 2 rings (SSSR count). The summed E-state index contributed by atoms with van der Waals surface area (Å²) < 4.78 is 5.74. The highest BCUT2D eigenvalue weighted by molar-refractivity contribution is 5.77. The predicted octanol–water partition coefficient (Wildman–Crippen LogP) is 2.48. The number of carbonyl (C=O) groups is 1. The van der Waals surface area contributed by atoms with Crippen molar-refractivity contribution in [3.63, 3.8) is 0 Å². The minimum absolute atomic E-state index is 0.000830. The molecular weight excluding hydrogens is 276 g/mol. The number of amides is 1. The van der Waals surface area contributed by atoms with Crippen molar-refractivity contribution in [1.29, 1.82) is 0 Å². The van der Waals surface area contributed by atoms with E-state index in [0.29, 0.717) is 5.92 Å². The summed E-state index contributed by atoms with van der Waals surface area (Å²) in [6.45, 7) is 9.33. The molecule has 122 valence electrons. The summed E-state index contributed by atoms with van der Waals surface area (Å²) in [5.41, 5.74) is 1.13. The topological polar surface area (TPSA) is 50.4 Å². The highest BCUT2D eigenvalue weighted by Crippen LogP contribution is 2.30. The van der Waals surface area contributed by atoms with Crippen LogP contribution in [0.3, 0.4) is 0 Å². The number of para-hydroxylation sites is 1. The lowest BCUT2D eigenvalue weighted by atomic mass is 9.86. The molecule has 4 heteroatoms. The molecule has 0 aliphatic carbocycles. The van der Waals surface area contributed by atoms with Gasteiger partial charge < -0.3 is 15.4 Å². The van der Waals surface area contributed by atoms with Crippen LogP contribution in [-0.2, 0) is 10.2 Å². The molecule has 1 aliphatic heterocycles. The van der Waals surface area contributed by atoms with Gasteiger partial charge in [-0.2, -0.15) is 0 Å². The summed E-state index contributed by atoms with van der Waals surface area (Å²) in [4.78, 5) is 12.0. The maximum Gasteiger partial charge on any atom is 0.257 e. The summed E-state index contributed by atoms with van der Waals surface area (Å²) in [7, 11) is 0. The Hall–Kier alpha value is -1.55. The normalized spacial score (nSPS) is 18.8. The smallest absolute Gasteiger partial charge is 0.257 e. The van der Waals surface area contributed by atoms with Crippen molar-refractivity contribution in [3.8, 4) is 5.75 Å². The number of hydrogen-bond acceptors (Lipinski definition) is 3. The largest absolute Gasteiger partial charge is 0.483 e. The predicted molar refractivity (Wildman–Crippen MR) is 89.2 cm³/mol. The first-order valence-electron chi connectivity index (χ1n) is 8.16. The zero-order chi connectivity index (χ0) is 16.0. The maximum absolute atomic E-state index is 12.0. The summed E-state index contributed by atoms with van der Waals surface area (Å²) >= 11 is 0. The van der Waals surface area contributed by atoms with Gasteiger partial charge in [-0.3, -0.25) is 4.79 Å². The fourth-order valence-corrected chi connectivity index (χ4v) is 2.76. The third-order valence-corrected chi connectivity index (χ3v) is 4.04. The first-order valence-corrected chi connectivity index (χ1v) is 8.16. The zero-order valence-corrected chi connectivity index (χ0v) is 13.9. The molecule has 1 saturated heterocycles. The number of ether oxygens (including phenoxy) is 1. The van der Waals surface area contributed by atoms with Crippen LogP contribution in [0, 0.1) is 5.92 Å². The van der Waals surface area contributed by atoms with Crippen LogP contribution < -0.4 is 15.4 Å². The fourth-order valence-electron chi connectivity index (χ4n) is 2.76. The molecule has 1 unspecified atom stereocenters. The van der Waals surface area contributed by atoms with Crippen LogP contribution in [0.2, 0.25) is 0 Å². The standard InChI is InChI=1S/C18H28N2O2/c1-18(2,3)15-8-4-5-9-16(15)22-13-17(21)20-12-14-7-6-10-19-11-14/h4-5,8-9,14,19H,6-7,10-13H2,1-3H3,(H,20,21). The summed E-state index contributed by atoms with van der Waals surface area (Å²) in [5, 5.41) is 6.33. The molecule has 0 radical (unpaired) electrons. The van der Waals surface area contributed by atoms with Crippen LogP contribution in [0.5, 0.6) is 5.75 Å². The van der Waals surface area contributed by atoms with Crippen LogP contribution in [0.25, 0.3) is 0 Å². The van der Waals surface area contributed by atoms with Gasteiger partial charge in [-0.25, -0.2) is 0 Å². The quantitative estimate of drug-likeness (QED) is 0.878. The molecule has 0 spiro atoms. The Labute approximate surface area is 133 Å². The van der Waals surface area contributed by atoms with Crippen molar-refractivity contribution in [1.82, 2.24) is 10.6 Å². The summed E-state index contributed by atoms with van der Waals surface area (Å²) in [6.07, 6.45) is 2.37. The Morgan fingerprint density at radius 3 is 2.82 bits per heavy atom. The van der Waals surface area contributed by atoms with Gasteiger partial charge in [-0.15, -0.1) is 0 Å². The molecule has 2 N–H and O–H groups in total. The number of nitrogens with one attached hydrogen (secondary N) is 2. The van der Waals surface area contributed by atoms with Gasteiger partial charge >= 0.3 is 0 Å². The minimum Gasteiger partial charge on any atom is -0.483 e. The highest BCUT2D eigenvalue weighted by atomic mass is 16.5. The molecule has 0 aromatic heterocycles. The molecule has 22 heavy (non-hydrogen) atoms. The molecule has 1 aromatic carbocycles. The highest BCUT2D eigenvalue weighted by Gasteiger charge is 2.19. The second-order valence-corrected chi connectivity index (χ2v) is 7.05. The van der Waals surface area contributed by atoms with Crippen molar-refractivity contribution >= 4 is 5.91 Å². The molecule has 0 saturated carbocycles. The molecule has 0 bridgehead atoms. The van der Waals surface area contributed by atoms with Gasteiger partial charge in [0.1, 0.15) is 5.75 Å². The van der Waals surface area contributed by atoms with E-state index in [9.17, 15) is 4.79 Å². The van der Waals surface area contributed by atoms with Gasteiger partial charge in [0.25, 0.3) is 5.91 Å². The summed E-state index contributed by atoms with van der Waals surface area (Å²) in [5.74, 6) is 1.29. The lowest BCUT2D eigenvalue weighted by Crippen LogP contribution is -2.39. The van der Waals surface area contributed by atoms with Gasteiger partial charge in [0.15, 0.2) is 6.61 Å². The average Bonchev–Trinajstić information content (AvgIpc) is 2.51.